The number of carbonyl (C=O) groups is 6. The highest BCUT2D eigenvalue weighted by Gasteiger charge is 2.58. The molecule has 0 N–H and O–H groups in total. The summed E-state index contributed by atoms with van der Waals surface area (Å²) in [5, 5.41) is 0. The molecule has 7 aromatic rings. The van der Waals surface area contributed by atoms with Crippen LogP contribution in [0.5, 0.6) is 0 Å². The van der Waals surface area contributed by atoms with Crippen molar-refractivity contribution in [1.82, 2.24) is 0 Å². The van der Waals surface area contributed by atoms with Gasteiger partial charge in [-0.15, -0.1) is 0 Å². The number of aryl methyl sites for hydroxylation is 1. The van der Waals surface area contributed by atoms with Gasteiger partial charge in [-0.3, -0.25) is 4.79 Å². The van der Waals surface area contributed by atoms with E-state index in [2.05, 4.69) is 0 Å². The second-order valence-corrected chi connectivity index (χ2v) is 20.9. The van der Waals surface area contributed by atoms with Crippen LogP contribution < -0.4 is 0 Å². The van der Waals surface area contributed by atoms with Crippen LogP contribution in [0.15, 0.2) is 211 Å². The van der Waals surface area contributed by atoms with Crippen molar-refractivity contribution in [3.8, 4) is 0 Å². The first kappa shape index (κ1) is 59.3. The Labute approximate surface area is 485 Å². The Kier molecular flexibility index (Phi) is 21.2. The van der Waals surface area contributed by atoms with Crippen LogP contribution in [0.1, 0.15) is 73.1 Å². The van der Waals surface area contributed by atoms with Crippen LogP contribution in [0, 0.1) is 6.92 Å². The highest BCUT2D eigenvalue weighted by Crippen LogP contribution is 2.41. The number of ether oxygens (including phenoxy) is 10. The molecule has 2 heterocycles. The average molecular weight is 1140 g/mol. The van der Waals surface area contributed by atoms with E-state index in [0.717, 1.165) is 10.5 Å². The van der Waals surface area contributed by atoms with E-state index in [9.17, 15) is 28.8 Å². The van der Waals surface area contributed by atoms with Gasteiger partial charge in [-0.05, 0) is 79.1 Å². The molecule has 0 spiro atoms. The molecule has 7 aromatic carbocycles. The van der Waals surface area contributed by atoms with Gasteiger partial charge in [0, 0.05) is 11.3 Å². The Morgan fingerprint density at radius 3 is 1.43 bits per heavy atom. The lowest BCUT2D eigenvalue weighted by atomic mass is 9.95. The summed E-state index contributed by atoms with van der Waals surface area (Å²) in [6.45, 7) is 2.28. The van der Waals surface area contributed by atoms with Crippen LogP contribution in [0.25, 0.3) is 0 Å². The molecule has 0 radical (unpaired) electrons. The molecule has 0 amide bonds. The molecule has 2 saturated heterocycles. The Bertz CT molecular complexity index is 3210. The molecule has 10 atom stereocenters. The van der Waals surface area contributed by atoms with Crippen LogP contribution in [0.2, 0.25) is 0 Å². The van der Waals surface area contributed by atoms with Gasteiger partial charge in [-0.1, -0.05) is 175 Å². The standard InChI is InChI=1S/C66H62O16S/c1-43-33-36-51(37-34-43)83-66-60(80-63(71)50-31-19-8-20-32-50)55(73-39-45-21-9-3-10-22-45)54(52(77-66)42-76-61(69)48-27-15-6-16-28-48)81-65-59(79-62(70)49-29-17-7-18-30-49)57(78-53(68)38-35-44(2)67)56(74-40-46-23-11-4-12-24-46)58(82-65)64(72)75-41-47-25-13-5-14-26-47/h3-34,36-37,52,54-60,65-66H,35,38-42H2,1-2H3/t52-,54-,55+,56+,57+,58+,59-,60-,65-,66+/m1/s1. The normalized spacial score (nSPS) is 22.0. The van der Waals surface area contributed by atoms with Gasteiger partial charge in [0.05, 0.1) is 36.3 Å². The van der Waals surface area contributed by atoms with E-state index in [4.69, 9.17) is 47.4 Å². The van der Waals surface area contributed by atoms with Crippen molar-refractivity contribution < 1.29 is 76.1 Å². The van der Waals surface area contributed by atoms with Gasteiger partial charge in [0.15, 0.2) is 30.7 Å². The fraction of sp³-hybridized carbons (Fsp3) is 0.273. The number of benzene rings is 7. The Hall–Kier alpha value is -8.29. The predicted molar refractivity (Wildman–Crippen MR) is 303 cm³/mol. The quantitative estimate of drug-likeness (QED) is 0.0409. The van der Waals surface area contributed by atoms with E-state index >= 15 is 0 Å². The van der Waals surface area contributed by atoms with Crippen molar-refractivity contribution >= 4 is 47.4 Å². The van der Waals surface area contributed by atoms with Gasteiger partial charge in [-0.25, -0.2) is 19.2 Å². The van der Waals surface area contributed by atoms with Crippen LogP contribution in [-0.2, 0) is 81.6 Å². The lowest BCUT2D eigenvalue weighted by Crippen LogP contribution is -2.67. The van der Waals surface area contributed by atoms with Crippen molar-refractivity contribution in [3.05, 3.63) is 245 Å². The second-order valence-electron chi connectivity index (χ2n) is 19.7. The first-order chi connectivity index (χ1) is 40.4. The highest BCUT2D eigenvalue weighted by atomic mass is 32.2. The number of rotatable bonds is 24. The summed E-state index contributed by atoms with van der Waals surface area (Å²) in [7, 11) is 0. The first-order valence-corrected chi connectivity index (χ1v) is 28.0. The molecule has 428 valence electrons. The van der Waals surface area contributed by atoms with Crippen molar-refractivity contribution in [2.75, 3.05) is 6.61 Å². The van der Waals surface area contributed by atoms with Crippen molar-refractivity contribution in [2.24, 2.45) is 0 Å². The van der Waals surface area contributed by atoms with Gasteiger partial charge >= 0.3 is 29.8 Å². The summed E-state index contributed by atoms with van der Waals surface area (Å²) in [5.41, 5.74) is 2.41. The topological polar surface area (TPSA) is 195 Å². The minimum Gasteiger partial charge on any atom is -0.459 e. The molecule has 0 aromatic heterocycles. The summed E-state index contributed by atoms with van der Waals surface area (Å²) in [4.78, 5) is 85.2. The van der Waals surface area contributed by atoms with Crippen LogP contribution in [0.3, 0.4) is 0 Å². The summed E-state index contributed by atoms with van der Waals surface area (Å²) in [6.07, 6.45) is -15.1. The van der Waals surface area contributed by atoms with Crippen LogP contribution >= 0.6 is 11.8 Å². The number of hydrogen-bond donors (Lipinski definition) is 0. The zero-order valence-electron chi connectivity index (χ0n) is 45.6. The molecule has 16 nitrogen and oxygen atoms in total. The molecular weight excluding hydrogens is 1080 g/mol. The molecule has 17 heteroatoms. The zero-order valence-corrected chi connectivity index (χ0v) is 46.4. The molecular formula is C66H62O16S. The zero-order chi connectivity index (χ0) is 57.9. The maximum atomic E-state index is 14.9. The van der Waals surface area contributed by atoms with Crippen molar-refractivity contribution in [3.63, 3.8) is 0 Å². The van der Waals surface area contributed by atoms with Gasteiger partial charge < -0.3 is 52.2 Å². The summed E-state index contributed by atoms with van der Waals surface area (Å²) < 4.78 is 65.8. The van der Waals surface area contributed by atoms with Crippen molar-refractivity contribution in [1.29, 1.82) is 0 Å². The number of thioether (sulfide) groups is 1. The summed E-state index contributed by atoms with van der Waals surface area (Å²) in [5.74, 6) is -4.56. The predicted octanol–water partition coefficient (Wildman–Crippen LogP) is 10.4. The third-order valence-corrected chi connectivity index (χ3v) is 14.7. The summed E-state index contributed by atoms with van der Waals surface area (Å²) >= 11 is 1.22. The van der Waals surface area contributed by atoms with Crippen LogP contribution in [-0.4, -0.2) is 103 Å². The first-order valence-electron chi connectivity index (χ1n) is 27.1. The molecule has 0 saturated carbocycles. The van der Waals surface area contributed by atoms with E-state index in [0.29, 0.717) is 16.7 Å². The van der Waals surface area contributed by atoms with Gasteiger partial charge in [0.1, 0.15) is 48.8 Å². The molecule has 0 bridgehead atoms. The average Bonchev–Trinajstić information content (AvgIpc) is 3.07. The molecule has 2 fully saturated rings. The maximum Gasteiger partial charge on any atom is 0.338 e. The number of carbonyl (C=O) groups excluding carboxylic acids is 6. The highest BCUT2D eigenvalue weighted by molar-refractivity contribution is 7.99. The number of hydrogen-bond acceptors (Lipinski definition) is 17. The van der Waals surface area contributed by atoms with E-state index in [1.54, 1.807) is 127 Å². The molecule has 83 heavy (non-hydrogen) atoms. The van der Waals surface area contributed by atoms with Gasteiger partial charge in [0.2, 0.25) is 0 Å². The minimum absolute atomic E-state index is 0.0821. The lowest BCUT2D eigenvalue weighted by Gasteiger charge is -2.49. The second kappa shape index (κ2) is 29.6. The van der Waals surface area contributed by atoms with E-state index in [1.165, 1.54) is 30.8 Å². The monoisotopic (exact) mass is 1140 g/mol. The number of ketones is 1. The van der Waals surface area contributed by atoms with E-state index in [1.807, 2.05) is 73.7 Å². The summed E-state index contributed by atoms with van der Waals surface area (Å²) in [6, 6.07) is 59.3. The molecule has 2 aliphatic rings. The molecule has 0 unspecified atom stereocenters. The van der Waals surface area contributed by atoms with E-state index < -0.39 is 103 Å². The number of esters is 5. The Morgan fingerprint density at radius 1 is 0.446 bits per heavy atom. The fourth-order valence-electron chi connectivity index (χ4n) is 9.22. The Balaban J connectivity index is 1.19. The number of Topliss-reactive ketones (excluding diaryl/α,β-unsaturated/α-hetero) is 1. The molecule has 2 aliphatic heterocycles. The smallest absolute Gasteiger partial charge is 0.338 e. The van der Waals surface area contributed by atoms with Gasteiger partial charge in [0.25, 0.3) is 0 Å². The SMILES string of the molecule is CC(=O)CCC(=O)O[C@@H]1[C@@H](OC(=O)c2ccccc2)[C@H](O[C@H]2[C@H](OCc3ccccc3)[C@@H](OC(=O)c3ccccc3)[C@H](Sc3ccc(C)cc3)O[C@@H]2COC(=O)c2ccccc2)O[C@H](C(=O)OCc2ccccc2)[C@H]1OCc1ccccc1. The van der Waals surface area contributed by atoms with E-state index in [-0.39, 0.29) is 48.7 Å². The fourth-order valence-corrected chi connectivity index (χ4v) is 10.3. The third-order valence-electron chi connectivity index (χ3n) is 13.5. The molecule has 0 aliphatic carbocycles. The molecule has 9 rings (SSSR count). The third kappa shape index (κ3) is 16.7. The maximum absolute atomic E-state index is 14.9. The van der Waals surface area contributed by atoms with Crippen molar-refractivity contribution in [2.45, 2.75) is 112 Å². The van der Waals surface area contributed by atoms with Gasteiger partial charge in [-0.2, -0.15) is 0 Å². The minimum atomic E-state index is -1.94. The Morgan fingerprint density at radius 2 is 0.916 bits per heavy atom. The lowest BCUT2D eigenvalue weighted by molar-refractivity contribution is -0.340. The largest absolute Gasteiger partial charge is 0.459 e. The van der Waals surface area contributed by atoms with Crippen LogP contribution in [0.4, 0.5) is 0 Å².